The quantitative estimate of drug-likeness (QED) is 0.847. The van der Waals surface area contributed by atoms with Crippen LogP contribution in [0.3, 0.4) is 0 Å². The molecule has 3 unspecified atom stereocenters. The van der Waals surface area contributed by atoms with Crippen molar-refractivity contribution in [2.75, 3.05) is 6.61 Å². The second-order valence-electron chi connectivity index (χ2n) is 4.17. The highest BCUT2D eigenvalue weighted by Crippen LogP contribution is 2.26. The van der Waals surface area contributed by atoms with Gasteiger partial charge in [0.2, 0.25) is 0 Å². The van der Waals surface area contributed by atoms with Crippen LogP contribution in [-0.4, -0.2) is 18.7 Å². The maximum Gasteiger partial charge on any atom is 0.0976 e. The molecule has 82 valence electrons. The zero-order valence-corrected chi connectivity index (χ0v) is 10.6. The molecular weight excluding hydrogens is 254 g/mol. The van der Waals surface area contributed by atoms with E-state index in [9.17, 15) is 0 Å². The Morgan fingerprint density at radius 1 is 1.40 bits per heavy atom. The van der Waals surface area contributed by atoms with Crippen molar-refractivity contribution >= 4 is 15.9 Å². The van der Waals surface area contributed by atoms with Gasteiger partial charge in [0.25, 0.3) is 0 Å². The van der Waals surface area contributed by atoms with Crippen molar-refractivity contribution in [1.29, 1.82) is 0 Å². The summed E-state index contributed by atoms with van der Waals surface area (Å²) in [7, 11) is 0. The molecule has 0 aliphatic carbocycles. The van der Waals surface area contributed by atoms with Gasteiger partial charge in [-0.1, -0.05) is 28.1 Å². The molecule has 1 aromatic rings. The van der Waals surface area contributed by atoms with Gasteiger partial charge in [0.1, 0.15) is 0 Å². The second kappa shape index (κ2) is 4.64. The van der Waals surface area contributed by atoms with Crippen LogP contribution in [0.25, 0.3) is 0 Å². The molecule has 0 bridgehead atoms. The van der Waals surface area contributed by atoms with Crippen LogP contribution in [0.15, 0.2) is 28.7 Å². The van der Waals surface area contributed by atoms with E-state index in [2.05, 4.69) is 47.2 Å². The molecule has 1 saturated heterocycles. The Kier molecular flexibility index (Phi) is 3.44. The van der Waals surface area contributed by atoms with Gasteiger partial charge < -0.3 is 10.1 Å². The lowest BCUT2D eigenvalue weighted by molar-refractivity contribution is -0.0207. The van der Waals surface area contributed by atoms with Gasteiger partial charge in [-0.05, 0) is 31.5 Å². The summed E-state index contributed by atoms with van der Waals surface area (Å²) in [6, 6.07) is 9.13. The average Bonchev–Trinajstić information content (AvgIpc) is 2.17. The van der Waals surface area contributed by atoms with Crippen molar-refractivity contribution in [3.05, 3.63) is 34.3 Å². The van der Waals surface area contributed by atoms with Gasteiger partial charge in [-0.2, -0.15) is 0 Å². The molecule has 1 N–H and O–H groups in total. The molecule has 1 aliphatic rings. The number of rotatable bonds is 1. The highest BCUT2D eigenvalue weighted by Gasteiger charge is 2.26. The summed E-state index contributed by atoms with van der Waals surface area (Å²) in [5, 5.41) is 3.51. The van der Waals surface area contributed by atoms with Gasteiger partial charge in [0, 0.05) is 16.6 Å². The smallest absolute Gasteiger partial charge is 0.0976 e. The van der Waals surface area contributed by atoms with Crippen molar-refractivity contribution < 1.29 is 4.74 Å². The Morgan fingerprint density at radius 2 is 2.20 bits per heavy atom. The first-order valence-electron chi connectivity index (χ1n) is 5.30. The van der Waals surface area contributed by atoms with Gasteiger partial charge in [0.15, 0.2) is 0 Å². The molecular formula is C12H16BrNO. The standard InChI is InChI=1S/C12H16BrNO/c1-8-7-15-12(9(2)14-8)10-4-3-5-11(13)6-10/h3-6,8-9,12,14H,7H2,1-2H3. The third-order valence-electron chi connectivity index (χ3n) is 2.70. The molecule has 2 nitrogen and oxygen atoms in total. The van der Waals surface area contributed by atoms with Crippen LogP contribution in [0.1, 0.15) is 25.5 Å². The zero-order valence-electron chi connectivity index (χ0n) is 9.03. The summed E-state index contributed by atoms with van der Waals surface area (Å²) in [6.07, 6.45) is 0.165. The highest BCUT2D eigenvalue weighted by atomic mass is 79.9. The Labute approximate surface area is 99.1 Å². The number of nitrogens with one attached hydrogen (secondary N) is 1. The van der Waals surface area contributed by atoms with Crippen LogP contribution in [0, 0.1) is 0 Å². The molecule has 0 radical (unpaired) electrons. The van der Waals surface area contributed by atoms with Gasteiger partial charge in [-0.3, -0.25) is 0 Å². The van der Waals surface area contributed by atoms with Crippen LogP contribution in [0.5, 0.6) is 0 Å². The van der Waals surface area contributed by atoms with E-state index in [0.717, 1.165) is 11.1 Å². The molecule has 3 atom stereocenters. The molecule has 0 amide bonds. The Bertz CT molecular complexity index is 342. The Morgan fingerprint density at radius 3 is 2.87 bits per heavy atom. The van der Waals surface area contributed by atoms with E-state index < -0.39 is 0 Å². The van der Waals surface area contributed by atoms with E-state index in [1.54, 1.807) is 0 Å². The van der Waals surface area contributed by atoms with E-state index >= 15 is 0 Å². The number of ether oxygens (including phenoxy) is 1. The molecule has 0 aromatic heterocycles. The van der Waals surface area contributed by atoms with E-state index in [4.69, 9.17) is 4.74 Å². The normalized spacial score (nSPS) is 31.5. The largest absolute Gasteiger partial charge is 0.370 e. The summed E-state index contributed by atoms with van der Waals surface area (Å²) in [4.78, 5) is 0. The van der Waals surface area contributed by atoms with Gasteiger partial charge in [-0.25, -0.2) is 0 Å². The minimum absolute atomic E-state index is 0.165. The fourth-order valence-corrected chi connectivity index (χ4v) is 2.46. The predicted molar refractivity (Wildman–Crippen MR) is 64.9 cm³/mol. The lowest BCUT2D eigenvalue weighted by Crippen LogP contribution is -2.47. The van der Waals surface area contributed by atoms with Crippen LogP contribution >= 0.6 is 15.9 Å². The van der Waals surface area contributed by atoms with E-state index in [0.29, 0.717) is 12.1 Å². The van der Waals surface area contributed by atoms with Gasteiger partial charge in [0.05, 0.1) is 12.7 Å². The molecule has 1 heterocycles. The third-order valence-corrected chi connectivity index (χ3v) is 3.20. The number of hydrogen-bond donors (Lipinski definition) is 1. The van der Waals surface area contributed by atoms with Crippen LogP contribution < -0.4 is 5.32 Å². The number of benzene rings is 1. The van der Waals surface area contributed by atoms with Crippen LogP contribution in [0.2, 0.25) is 0 Å². The molecule has 2 rings (SSSR count). The predicted octanol–water partition coefficient (Wildman–Crippen LogP) is 2.89. The van der Waals surface area contributed by atoms with Gasteiger partial charge >= 0.3 is 0 Å². The van der Waals surface area contributed by atoms with Crippen LogP contribution in [-0.2, 0) is 4.74 Å². The van der Waals surface area contributed by atoms with E-state index in [-0.39, 0.29) is 6.10 Å². The molecule has 3 heteroatoms. The summed E-state index contributed by atoms with van der Waals surface area (Å²) >= 11 is 3.48. The maximum absolute atomic E-state index is 5.86. The second-order valence-corrected chi connectivity index (χ2v) is 5.08. The summed E-state index contributed by atoms with van der Waals surface area (Å²) < 4.78 is 6.97. The fourth-order valence-electron chi connectivity index (χ4n) is 2.05. The minimum atomic E-state index is 0.165. The first kappa shape index (κ1) is 11.1. The van der Waals surface area contributed by atoms with Crippen molar-refractivity contribution in [3.63, 3.8) is 0 Å². The zero-order chi connectivity index (χ0) is 10.8. The highest BCUT2D eigenvalue weighted by molar-refractivity contribution is 9.10. The number of hydrogen-bond acceptors (Lipinski definition) is 2. The van der Waals surface area contributed by atoms with E-state index in [1.807, 2.05) is 12.1 Å². The fraction of sp³-hybridized carbons (Fsp3) is 0.500. The first-order valence-corrected chi connectivity index (χ1v) is 6.09. The molecule has 1 aliphatic heterocycles. The molecule has 0 saturated carbocycles. The lowest BCUT2D eigenvalue weighted by Gasteiger charge is -2.34. The minimum Gasteiger partial charge on any atom is -0.370 e. The number of morpholine rings is 1. The monoisotopic (exact) mass is 269 g/mol. The van der Waals surface area contributed by atoms with Gasteiger partial charge in [-0.15, -0.1) is 0 Å². The topological polar surface area (TPSA) is 21.3 Å². The SMILES string of the molecule is CC1COC(c2cccc(Br)c2)C(C)N1. The summed E-state index contributed by atoms with van der Waals surface area (Å²) in [6.45, 7) is 5.09. The van der Waals surface area contributed by atoms with Crippen molar-refractivity contribution in [3.8, 4) is 0 Å². The average molecular weight is 270 g/mol. The Balaban J connectivity index is 2.17. The van der Waals surface area contributed by atoms with Crippen molar-refractivity contribution in [2.24, 2.45) is 0 Å². The third kappa shape index (κ3) is 2.60. The molecule has 1 fully saturated rings. The number of halogens is 1. The lowest BCUT2D eigenvalue weighted by atomic mass is 10.0. The maximum atomic E-state index is 5.86. The van der Waals surface area contributed by atoms with Crippen molar-refractivity contribution in [2.45, 2.75) is 32.0 Å². The van der Waals surface area contributed by atoms with Crippen molar-refractivity contribution in [1.82, 2.24) is 5.32 Å². The van der Waals surface area contributed by atoms with E-state index in [1.165, 1.54) is 5.56 Å². The molecule has 1 aromatic carbocycles. The summed E-state index contributed by atoms with van der Waals surface area (Å²) in [5.74, 6) is 0. The summed E-state index contributed by atoms with van der Waals surface area (Å²) in [5.41, 5.74) is 1.23. The Hall–Kier alpha value is -0.380. The molecule has 15 heavy (non-hydrogen) atoms. The first-order chi connectivity index (χ1) is 7.16. The molecule has 0 spiro atoms. The van der Waals surface area contributed by atoms with Crippen LogP contribution in [0.4, 0.5) is 0 Å².